The first-order valence-corrected chi connectivity index (χ1v) is 7.61. The number of rotatable bonds is 3. The van der Waals surface area contributed by atoms with E-state index in [2.05, 4.69) is 16.8 Å². The Morgan fingerprint density at radius 2 is 2.10 bits per heavy atom. The van der Waals surface area contributed by atoms with Gasteiger partial charge in [0.2, 0.25) is 0 Å². The highest BCUT2D eigenvalue weighted by atomic mass is 16.3. The third-order valence-corrected chi connectivity index (χ3v) is 4.96. The van der Waals surface area contributed by atoms with Crippen LogP contribution in [0, 0.1) is 0 Å². The SMILES string of the molecule is CN1C2CCC1CN(CC(O)c1cccc(N)c1)CC2. The topological polar surface area (TPSA) is 52.7 Å². The normalized spacial score (nSPS) is 29.3. The lowest BCUT2D eigenvalue weighted by Gasteiger charge is -2.27. The number of benzene rings is 1. The molecule has 2 bridgehead atoms. The molecule has 4 heteroatoms. The second-order valence-electron chi connectivity index (χ2n) is 6.28. The molecule has 2 aliphatic heterocycles. The number of nitrogens with zero attached hydrogens (tertiary/aromatic N) is 2. The van der Waals surface area contributed by atoms with E-state index in [0.717, 1.165) is 30.4 Å². The van der Waals surface area contributed by atoms with E-state index in [1.165, 1.54) is 19.3 Å². The Bertz CT molecular complexity index is 465. The molecule has 0 radical (unpaired) electrons. The molecule has 2 saturated heterocycles. The standard InChI is InChI=1S/C16H25N3O/c1-18-14-5-6-15(18)10-19(8-7-14)11-16(20)12-3-2-4-13(17)9-12/h2-4,9,14-16,20H,5-8,10-11,17H2,1H3. The van der Waals surface area contributed by atoms with Gasteiger partial charge in [-0.3, -0.25) is 9.80 Å². The van der Waals surface area contributed by atoms with Crippen molar-refractivity contribution < 1.29 is 5.11 Å². The van der Waals surface area contributed by atoms with Gasteiger partial charge in [-0.15, -0.1) is 0 Å². The molecule has 0 aliphatic carbocycles. The maximum atomic E-state index is 10.4. The van der Waals surface area contributed by atoms with Gasteiger partial charge in [0.15, 0.2) is 0 Å². The van der Waals surface area contributed by atoms with Crippen molar-refractivity contribution in [3.05, 3.63) is 29.8 Å². The lowest BCUT2D eigenvalue weighted by molar-refractivity contribution is 0.107. The van der Waals surface area contributed by atoms with E-state index in [0.29, 0.717) is 12.6 Å². The van der Waals surface area contributed by atoms with E-state index in [-0.39, 0.29) is 0 Å². The molecule has 4 nitrogen and oxygen atoms in total. The molecule has 2 fully saturated rings. The van der Waals surface area contributed by atoms with E-state index < -0.39 is 6.10 Å². The second kappa shape index (κ2) is 5.72. The number of nitrogen functional groups attached to an aromatic ring is 1. The molecule has 20 heavy (non-hydrogen) atoms. The molecule has 0 spiro atoms. The fraction of sp³-hybridized carbons (Fsp3) is 0.625. The molecule has 1 aromatic carbocycles. The molecule has 3 unspecified atom stereocenters. The van der Waals surface area contributed by atoms with Crippen molar-refractivity contribution in [1.29, 1.82) is 0 Å². The number of likely N-dealkylation sites (tertiary alicyclic amines) is 1. The minimum atomic E-state index is -0.444. The molecule has 2 heterocycles. The van der Waals surface area contributed by atoms with Gasteiger partial charge in [0.1, 0.15) is 0 Å². The minimum absolute atomic E-state index is 0.444. The zero-order valence-electron chi connectivity index (χ0n) is 12.2. The number of hydrogen-bond donors (Lipinski definition) is 2. The highest BCUT2D eigenvalue weighted by molar-refractivity contribution is 5.41. The van der Waals surface area contributed by atoms with Crippen molar-refractivity contribution in [2.75, 3.05) is 32.4 Å². The second-order valence-corrected chi connectivity index (χ2v) is 6.28. The van der Waals surface area contributed by atoms with Gasteiger partial charge in [0.05, 0.1) is 6.10 Å². The minimum Gasteiger partial charge on any atom is -0.399 e. The molecule has 0 amide bonds. The van der Waals surface area contributed by atoms with E-state index in [9.17, 15) is 5.11 Å². The van der Waals surface area contributed by atoms with Gasteiger partial charge in [0.25, 0.3) is 0 Å². The Morgan fingerprint density at radius 1 is 1.30 bits per heavy atom. The lowest BCUT2D eigenvalue weighted by atomic mass is 10.1. The van der Waals surface area contributed by atoms with E-state index in [1.54, 1.807) is 0 Å². The molecule has 2 aliphatic rings. The van der Waals surface area contributed by atoms with Crippen LogP contribution in [-0.4, -0.2) is 53.7 Å². The largest absolute Gasteiger partial charge is 0.399 e. The van der Waals surface area contributed by atoms with Crippen molar-refractivity contribution in [2.45, 2.75) is 37.5 Å². The quantitative estimate of drug-likeness (QED) is 0.820. The first-order valence-electron chi connectivity index (χ1n) is 7.61. The highest BCUT2D eigenvalue weighted by Crippen LogP contribution is 2.29. The summed E-state index contributed by atoms with van der Waals surface area (Å²) in [6.07, 6.45) is 3.41. The zero-order chi connectivity index (χ0) is 14.1. The highest BCUT2D eigenvalue weighted by Gasteiger charge is 2.34. The third-order valence-electron chi connectivity index (χ3n) is 4.96. The number of nitrogens with two attached hydrogens (primary N) is 1. The van der Waals surface area contributed by atoms with Crippen LogP contribution < -0.4 is 5.73 Å². The molecule has 0 saturated carbocycles. The molecule has 3 N–H and O–H groups in total. The van der Waals surface area contributed by atoms with Crippen molar-refractivity contribution in [1.82, 2.24) is 9.80 Å². The zero-order valence-corrected chi connectivity index (χ0v) is 12.2. The van der Waals surface area contributed by atoms with Crippen LogP contribution in [0.4, 0.5) is 5.69 Å². The van der Waals surface area contributed by atoms with E-state index >= 15 is 0 Å². The van der Waals surface area contributed by atoms with Crippen LogP contribution in [0.1, 0.15) is 30.9 Å². The average Bonchev–Trinajstić information content (AvgIpc) is 2.67. The molecule has 3 rings (SSSR count). The van der Waals surface area contributed by atoms with E-state index in [1.807, 2.05) is 24.3 Å². The van der Waals surface area contributed by atoms with Crippen LogP contribution in [0.5, 0.6) is 0 Å². The predicted molar refractivity (Wildman–Crippen MR) is 81.4 cm³/mol. The van der Waals surface area contributed by atoms with Crippen LogP contribution in [0.2, 0.25) is 0 Å². The van der Waals surface area contributed by atoms with Gasteiger partial charge in [0, 0.05) is 30.9 Å². The van der Waals surface area contributed by atoms with Gasteiger partial charge in [-0.2, -0.15) is 0 Å². The van der Waals surface area contributed by atoms with Crippen molar-refractivity contribution in [3.8, 4) is 0 Å². The first kappa shape index (κ1) is 13.9. The summed E-state index contributed by atoms with van der Waals surface area (Å²) in [5.41, 5.74) is 7.43. The Labute approximate surface area is 121 Å². The fourth-order valence-electron chi connectivity index (χ4n) is 3.66. The number of fused-ring (bicyclic) bond motifs is 2. The smallest absolute Gasteiger partial charge is 0.0917 e. The summed E-state index contributed by atoms with van der Waals surface area (Å²) in [6.45, 7) is 2.87. The summed E-state index contributed by atoms with van der Waals surface area (Å²) in [6, 6.07) is 9.00. The molecular formula is C16H25N3O. The predicted octanol–water partition coefficient (Wildman–Crippen LogP) is 1.47. The number of likely N-dealkylation sites (N-methyl/N-ethyl adjacent to an activating group) is 1. The first-order chi connectivity index (χ1) is 9.63. The molecule has 110 valence electrons. The lowest BCUT2D eigenvalue weighted by Crippen LogP contribution is -2.38. The number of β-amino-alcohol motifs (C(OH)–C–C–N with tert-alkyl or cyclic N) is 1. The Kier molecular flexibility index (Phi) is 3.96. The Hall–Kier alpha value is -1.10. The number of hydrogen-bond acceptors (Lipinski definition) is 4. The van der Waals surface area contributed by atoms with Crippen molar-refractivity contribution in [2.24, 2.45) is 0 Å². The maximum Gasteiger partial charge on any atom is 0.0917 e. The molecule has 0 aromatic heterocycles. The maximum absolute atomic E-state index is 10.4. The average molecular weight is 275 g/mol. The number of anilines is 1. The number of aliphatic hydroxyl groups excluding tert-OH is 1. The van der Waals surface area contributed by atoms with Crippen LogP contribution in [0.15, 0.2) is 24.3 Å². The van der Waals surface area contributed by atoms with Gasteiger partial charge in [-0.05, 0) is 50.6 Å². The van der Waals surface area contributed by atoms with Crippen LogP contribution in [0.3, 0.4) is 0 Å². The fourth-order valence-corrected chi connectivity index (χ4v) is 3.66. The van der Waals surface area contributed by atoms with Crippen LogP contribution in [0.25, 0.3) is 0 Å². The summed E-state index contributed by atoms with van der Waals surface area (Å²) in [4.78, 5) is 4.95. The van der Waals surface area contributed by atoms with Crippen molar-refractivity contribution in [3.63, 3.8) is 0 Å². The monoisotopic (exact) mass is 275 g/mol. The van der Waals surface area contributed by atoms with Gasteiger partial charge >= 0.3 is 0 Å². The summed E-state index contributed by atoms with van der Waals surface area (Å²) in [5, 5.41) is 10.4. The Balaban J connectivity index is 1.63. The third kappa shape index (κ3) is 2.82. The Morgan fingerprint density at radius 3 is 2.90 bits per heavy atom. The van der Waals surface area contributed by atoms with Gasteiger partial charge in [-0.25, -0.2) is 0 Å². The molecular weight excluding hydrogens is 250 g/mol. The van der Waals surface area contributed by atoms with Crippen LogP contribution in [-0.2, 0) is 0 Å². The van der Waals surface area contributed by atoms with Crippen molar-refractivity contribution >= 4 is 5.69 Å². The summed E-state index contributed by atoms with van der Waals surface area (Å²) >= 11 is 0. The summed E-state index contributed by atoms with van der Waals surface area (Å²) < 4.78 is 0. The summed E-state index contributed by atoms with van der Waals surface area (Å²) in [7, 11) is 2.25. The number of aliphatic hydroxyl groups is 1. The van der Waals surface area contributed by atoms with Crippen LogP contribution >= 0.6 is 0 Å². The van der Waals surface area contributed by atoms with Gasteiger partial charge < -0.3 is 10.8 Å². The van der Waals surface area contributed by atoms with Gasteiger partial charge in [-0.1, -0.05) is 12.1 Å². The molecule has 3 atom stereocenters. The van der Waals surface area contributed by atoms with E-state index in [4.69, 9.17) is 5.73 Å². The molecule has 1 aromatic rings. The summed E-state index contributed by atoms with van der Waals surface area (Å²) in [5.74, 6) is 0.